The largest absolute Gasteiger partial charge is 0.467 e. The number of benzene rings is 2. The molecule has 1 atom stereocenters. The third-order valence-electron chi connectivity index (χ3n) is 4.35. The normalized spacial score (nSPS) is 12.4. The Morgan fingerprint density at radius 1 is 1.04 bits per heavy atom. The predicted molar refractivity (Wildman–Crippen MR) is 108 cm³/mol. The van der Waals surface area contributed by atoms with Crippen LogP contribution in [0.3, 0.4) is 0 Å². The molecular weight excluding hydrogens is 376 g/mol. The van der Waals surface area contributed by atoms with Crippen molar-refractivity contribution >= 4 is 21.6 Å². The zero-order valence-electron chi connectivity index (χ0n) is 15.9. The number of aryl methyl sites for hydroxylation is 2. The number of amides is 1. The molecule has 2 N–H and O–H groups in total. The summed E-state index contributed by atoms with van der Waals surface area (Å²) in [5.74, 6) is 0.388. The zero-order chi connectivity index (χ0) is 20.3. The summed E-state index contributed by atoms with van der Waals surface area (Å²) in [6, 6.07) is 14.8. The molecule has 6 nitrogen and oxygen atoms in total. The Hall–Kier alpha value is -3.06. The minimum atomic E-state index is -3.71. The van der Waals surface area contributed by atoms with Gasteiger partial charge in [-0.3, -0.25) is 9.52 Å². The summed E-state index contributed by atoms with van der Waals surface area (Å²) in [5, 5.41) is 2.83. The van der Waals surface area contributed by atoms with E-state index in [1.54, 1.807) is 61.7 Å². The molecule has 0 aliphatic heterocycles. The van der Waals surface area contributed by atoms with E-state index in [0.29, 0.717) is 22.6 Å². The van der Waals surface area contributed by atoms with Crippen LogP contribution >= 0.6 is 0 Å². The molecule has 3 aromatic rings. The van der Waals surface area contributed by atoms with Gasteiger partial charge in [0.05, 0.1) is 17.2 Å². The average molecular weight is 398 g/mol. The maximum Gasteiger partial charge on any atom is 0.262 e. The van der Waals surface area contributed by atoms with Crippen LogP contribution in [0.2, 0.25) is 0 Å². The Labute approximate surface area is 164 Å². The number of carbonyl (C=O) groups is 1. The molecule has 0 fully saturated rings. The Balaban J connectivity index is 1.72. The summed E-state index contributed by atoms with van der Waals surface area (Å²) >= 11 is 0. The van der Waals surface area contributed by atoms with Gasteiger partial charge in [-0.1, -0.05) is 12.1 Å². The molecule has 7 heteroatoms. The number of nitrogens with one attached hydrogen (secondary N) is 2. The van der Waals surface area contributed by atoms with Gasteiger partial charge in [-0.05, 0) is 74.4 Å². The fourth-order valence-corrected chi connectivity index (χ4v) is 4.17. The van der Waals surface area contributed by atoms with Crippen molar-refractivity contribution in [2.45, 2.75) is 31.7 Å². The van der Waals surface area contributed by atoms with E-state index in [9.17, 15) is 13.2 Å². The van der Waals surface area contributed by atoms with Crippen LogP contribution in [-0.4, -0.2) is 14.3 Å². The monoisotopic (exact) mass is 398 g/mol. The van der Waals surface area contributed by atoms with Crippen molar-refractivity contribution < 1.29 is 17.6 Å². The van der Waals surface area contributed by atoms with Crippen molar-refractivity contribution in [2.24, 2.45) is 0 Å². The lowest BCUT2D eigenvalue weighted by molar-refractivity contribution is 0.0935. The Morgan fingerprint density at radius 2 is 1.75 bits per heavy atom. The molecule has 0 aliphatic carbocycles. The predicted octanol–water partition coefficient (Wildman–Crippen LogP) is 4.19. The van der Waals surface area contributed by atoms with E-state index >= 15 is 0 Å². The number of hydrogen-bond acceptors (Lipinski definition) is 4. The smallest absolute Gasteiger partial charge is 0.262 e. The number of furan rings is 1. The molecular formula is C21H22N2O4S. The Kier molecular flexibility index (Phi) is 5.56. The first-order valence-electron chi connectivity index (χ1n) is 8.80. The number of sulfonamides is 1. The molecule has 0 aliphatic rings. The van der Waals surface area contributed by atoms with Crippen molar-refractivity contribution in [3.05, 3.63) is 83.3 Å². The van der Waals surface area contributed by atoms with Gasteiger partial charge in [0, 0.05) is 11.3 Å². The van der Waals surface area contributed by atoms with Crippen LogP contribution in [-0.2, 0) is 10.0 Å². The van der Waals surface area contributed by atoms with Gasteiger partial charge in [0.1, 0.15) is 5.76 Å². The average Bonchev–Trinajstić information content (AvgIpc) is 3.18. The lowest BCUT2D eigenvalue weighted by atomic mass is 10.1. The van der Waals surface area contributed by atoms with Crippen molar-refractivity contribution in [2.75, 3.05) is 4.72 Å². The van der Waals surface area contributed by atoms with Crippen LogP contribution in [0.4, 0.5) is 5.69 Å². The molecule has 0 saturated carbocycles. The SMILES string of the molecule is Cc1ccc(C)c(S(=O)(=O)Nc2ccc(C(=O)N[C@H](C)c3ccco3)cc2)c1. The summed E-state index contributed by atoms with van der Waals surface area (Å²) in [4.78, 5) is 12.6. The first-order valence-corrected chi connectivity index (χ1v) is 10.3. The van der Waals surface area contributed by atoms with E-state index in [2.05, 4.69) is 10.0 Å². The number of hydrogen-bond donors (Lipinski definition) is 2. The second kappa shape index (κ2) is 7.90. The topological polar surface area (TPSA) is 88.4 Å². The van der Waals surface area contributed by atoms with E-state index in [1.807, 2.05) is 19.9 Å². The zero-order valence-corrected chi connectivity index (χ0v) is 16.7. The van der Waals surface area contributed by atoms with Crippen LogP contribution in [0, 0.1) is 13.8 Å². The molecule has 0 radical (unpaired) electrons. The molecule has 1 amide bonds. The Morgan fingerprint density at radius 3 is 2.39 bits per heavy atom. The molecule has 0 bridgehead atoms. The van der Waals surface area contributed by atoms with Gasteiger partial charge < -0.3 is 9.73 Å². The van der Waals surface area contributed by atoms with Crippen LogP contribution in [0.5, 0.6) is 0 Å². The van der Waals surface area contributed by atoms with Gasteiger partial charge in [-0.25, -0.2) is 8.42 Å². The third-order valence-corrected chi connectivity index (χ3v) is 5.87. The van der Waals surface area contributed by atoms with Gasteiger partial charge in [0.25, 0.3) is 15.9 Å². The van der Waals surface area contributed by atoms with Gasteiger partial charge in [0.2, 0.25) is 0 Å². The molecule has 0 saturated heterocycles. The van der Waals surface area contributed by atoms with Crippen molar-refractivity contribution in [1.82, 2.24) is 5.32 Å². The highest BCUT2D eigenvalue weighted by Gasteiger charge is 2.18. The first-order chi connectivity index (χ1) is 13.3. The molecule has 0 unspecified atom stereocenters. The fourth-order valence-electron chi connectivity index (χ4n) is 2.79. The van der Waals surface area contributed by atoms with Crippen LogP contribution < -0.4 is 10.0 Å². The second-order valence-electron chi connectivity index (χ2n) is 6.66. The van der Waals surface area contributed by atoms with Crippen molar-refractivity contribution in [1.29, 1.82) is 0 Å². The third kappa shape index (κ3) is 4.43. The lowest BCUT2D eigenvalue weighted by Gasteiger charge is -2.13. The van der Waals surface area contributed by atoms with E-state index in [-0.39, 0.29) is 16.8 Å². The number of carbonyl (C=O) groups excluding carboxylic acids is 1. The first kappa shape index (κ1) is 19.7. The quantitative estimate of drug-likeness (QED) is 0.652. The van der Waals surface area contributed by atoms with Gasteiger partial charge in [-0.2, -0.15) is 0 Å². The highest BCUT2D eigenvalue weighted by atomic mass is 32.2. The molecule has 2 aromatic carbocycles. The molecule has 1 heterocycles. The second-order valence-corrected chi connectivity index (χ2v) is 8.31. The molecule has 28 heavy (non-hydrogen) atoms. The highest BCUT2D eigenvalue weighted by molar-refractivity contribution is 7.92. The minimum absolute atomic E-state index is 0.238. The molecule has 1 aromatic heterocycles. The summed E-state index contributed by atoms with van der Waals surface area (Å²) in [5.41, 5.74) is 2.34. The van der Waals surface area contributed by atoms with E-state index in [0.717, 1.165) is 5.56 Å². The fraction of sp³-hybridized carbons (Fsp3) is 0.190. The standard InChI is InChI=1S/C21H22N2O4S/c1-14-6-7-15(2)20(13-14)28(25,26)23-18-10-8-17(9-11-18)21(24)22-16(3)19-5-4-12-27-19/h4-13,16,23H,1-3H3,(H,22,24)/t16-/m1/s1. The summed E-state index contributed by atoms with van der Waals surface area (Å²) in [6.07, 6.45) is 1.55. The molecule has 146 valence electrons. The minimum Gasteiger partial charge on any atom is -0.467 e. The van der Waals surface area contributed by atoms with Crippen LogP contribution in [0.25, 0.3) is 0 Å². The Bertz CT molecular complexity index is 1070. The van der Waals surface area contributed by atoms with Crippen LogP contribution in [0.1, 0.15) is 40.2 Å². The van der Waals surface area contributed by atoms with Gasteiger partial charge in [0.15, 0.2) is 0 Å². The van der Waals surface area contributed by atoms with E-state index < -0.39 is 10.0 Å². The van der Waals surface area contributed by atoms with Crippen molar-refractivity contribution in [3.8, 4) is 0 Å². The van der Waals surface area contributed by atoms with Gasteiger partial charge in [-0.15, -0.1) is 0 Å². The lowest BCUT2D eigenvalue weighted by Crippen LogP contribution is -2.26. The van der Waals surface area contributed by atoms with Crippen LogP contribution in [0.15, 0.2) is 70.2 Å². The molecule has 3 rings (SSSR count). The summed E-state index contributed by atoms with van der Waals surface area (Å²) in [7, 11) is -3.71. The van der Waals surface area contributed by atoms with E-state index in [1.165, 1.54) is 0 Å². The van der Waals surface area contributed by atoms with Gasteiger partial charge >= 0.3 is 0 Å². The maximum absolute atomic E-state index is 12.7. The van der Waals surface area contributed by atoms with E-state index in [4.69, 9.17) is 4.42 Å². The summed E-state index contributed by atoms with van der Waals surface area (Å²) in [6.45, 7) is 5.42. The highest BCUT2D eigenvalue weighted by Crippen LogP contribution is 2.21. The van der Waals surface area contributed by atoms with Crippen molar-refractivity contribution in [3.63, 3.8) is 0 Å². The number of rotatable bonds is 6. The molecule has 0 spiro atoms. The summed E-state index contributed by atoms with van der Waals surface area (Å²) < 4.78 is 33.2. The maximum atomic E-state index is 12.7. The number of anilines is 1.